The van der Waals surface area contributed by atoms with E-state index in [0.29, 0.717) is 6.54 Å². The van der Waals surface area contributed by atoms with Crippen LogP contribution in [0.25, 0.3) is 0 Å². The number of nitrogens with one attached hydrogen (secondary N) is 2. The van der Waals surface area contributed by atoms with Gasteiger partial charge in [-0.25, -0.2) is 4.39 Å². The highest BCUT2D eigenvalue weighted by atomic mass is 35.5. The van der Waals surface area contributed by atoms with Crippen molar-refractivity contribution < 1.29 is 14.0 Å². The van der Waals surface area contributed by atoms with E-state index in [0.717, 1.165) is 10.9 Å². The van der Waals surface area contributed by atoms with Crippen LogP contribution in [-0.4, -0.2) is 18.4 Å². The summed E-state index contributed by atoms with van der Waals surface area (Å²) in [6.07, 6.45) is 0. The Balaban J connectivity index is 1.86. The summed E-state index contributed by atoms with van der Waals surface area (Å²) in [6, 6.07) is 7.61. The minimum atomic E-state index is -0.818. The van der Waals surface area contributed by atoms with Crippen LogP contribution < -0.4 is 10.6 Å². The zero-order valence-corrected chi connectivity index (χ0v) is 13.3. The van der Waals surface area contributed by atoms with Crippen molar-refractivity contribution in [2.45, 2.75) is 12.8 Å². The number of anilines is 1. The first kappa shape index (κ1) is 16.5. The normalized spacial score (nSPS) is 11.8. The van der Waals surface area contributed by atoms with Gasteiger partial charge in [0, 0.05) is 23.0 Å². The summed E-state index contributed by atoms with van der Waals surface area (Å²) < 4.78 is 13.0. The molecule has 7 heteroatoms. The van der Waals surface area contributed by atoms with E-state index >= 15 is 0 Å². The molecule has 4 nitrogen and oxygen atoms in total. The average molecular weight is 341 g/mol. The predicted octanol–water partition coefficient (Wildman–Crippen LogP) is 3.40. The fourth-order valence-corrected chi connectivity index (χ4v) is 2.73. The van der Waals surface area contributed by atoms with Crippen LogP contribution in [0, 0.1) is 5.82 Å². The molecule has 2 amide bonds. The molecule has 1 heterocycles. The van der Waals surface area contributed by atoms with Crippen molar-refractivity contribution in [2.75, 3.05) is 11.9 Å². The Morgan fingerprint density at radius 3 is 2.73 bits per heavy atom. The lowest BCUT2D eigenvalue weighted by atomic mass is 10.1. The molecule has 2 N–H and O–H groups in total. The zero-order valence-electron chi connectivity index (χ0n) is 11.7. The van der Waals surface area contributed by atoms with Crippen molar-refractivity contribution >= 4 is 40.4 Å². The molecular formula is C15H14ClFN2O2S. The highest BCUT2D eigenvalue weighted by Crippen LogP contribution is 2.20. The minimum absolute atomic E-state index is 0.121. The Morgan fingerprint density at radius 1 is 1.32 bits per heavy atom. The second-order valence-corrected chi connectivity index (χ2v) is 6.10. The lowest BCUT2D eigenvalue weighted by Gasteiger charge is -2.11. The van der Waals surface area contributed by atoms with Crippen LogP contribution >= 0.6 is 22.9 Å². The van der Waals surface area contributed by atoms with E-state index in [1.165, 1.54) is 12.1 Å². The average Bonchev–Trinajstić information content (AvgIpc) is 3.02. The molecule has 0 aliphatic rings. The number of hydrogen-bond donors (Lipinski definition) is 2. The topological polar surface area (TPSA) is 58.2 Å². The third kappa shape index (κ3) is 4.29. The smallest absolute Gasteiger partial charge is 0.313 e. The van der Waals surface area contributed by atoms with Crippen molar-refractivity contribution in [3.8, 4) is 0 Å². The van der Waals surface area contributed by atoms with Gasteiger partial charge in [0.1, 0.15) is 5.82 Å². The van der Waals surface area contributed by atoms with Crippen LogP contribution in [0.2, 0.25) is 5.02 Å². The van der Waals surface area contributed by atoms with E-state index in [2.05, 4.69) is 10.6 Å². The Labute approximate surface area is 136 Å². The van der Waals surface area contributed by atoms with Crippen molar-refractivity contribution in [3.63, 3.8) is 0 Å². The molecule has 0 saturated heterocycles. The quantitative estimate of drug-likeness (QED) is 0.838. The Bertz CT molecular complexity index is 676. The number of rotatable bonds is 4. The van der Waals surface area contributed by atoms with Gasteiger partial charge in [-0.05, 0) is 29.6 Å². The maximum atomic E-state index is 13.0. The van der Waals surface area contributed by atoms with Gasteiger partial charge in [-0.2, -0.15) is 0 Å². The molecular weight excluding hydrogens is 327 g/mol. The largest absolute Gasteiger partial charge is 0.347 e. The van der Waals surface area contributed by atoms with Gasteiger partial charge in [-0.15, -0.1) is 11.3 Å². The number of hydrogen-bond acceptors (Lipinski definition) is 3. The fourth-order valence-electron chi connectivity index (χ4n) is 1.76. The molecule has 2 rings (SSSR count). The SMILES string of the molecule is C[C@@H](CNC(=O)C(=O)Nc1ccc(F)c(Cl)c1)c1cccs1. The molecule has 0 fully saturated rings. The Morgan fingerprint density at radius 2 is 2.09 bits per heavy atom. The lowest BCUT2D eigenvalue weighted by Crippen LogP contribution is -2.37. The number of benzene rings is 1. The highest BCUT2D eigenvalue weighted by Gasteiger charge is 2.16. The van der Waals surface area contributed by atoms with Crippen LogP contribution in [0.3, 0.4) is 0 Å². The van der Waals surface area contributed by atoms with E-state index < -0.39 is 17.6 Å². The standard InChI is InChI=1S/C15H14ClFN2O2S/c1-9(13-3-2-6-22-13)8-18-14(20)15(21)19-10-4-5-12(17)11(16)7-10/h2-7,9H,8H2,1H3,(H,18,20)(H,19,21)/t9-/m0/s1. The molecule has 0 spiro atoms. The monoisotopic (exact) mass is 340 g/mol. The summed E-state index contributed by atoms with van der Waals surface area (Å²) >= 11 is 7.21. The molecule has 0 aliphatic heterocycles. The van der Waals surface area contributed by atoms with E-state index in [4.69, 9.17) is 11.6 Å². The molecule has 0 aliphatic carbocycles. The van der Waals surface area contributed by atoms with Gasteiger partial charge in [0.25, 0.3) is 0 Å². The van der Waals surface area contributed by atoms with E-state index in [9.17, 15) is 14.0 Å². The molecule has 0 unspecified atom stereocenters. The first-order valence-corrected chi connectivity index (χ1v) is 7.80. The van der Waals surface area contributed by atoms with Crippen molar-refractivity contribution in [2.24, 2.45) is 0 Å². The van der Waals surface area contributed by atoms with E-state index in [-0.39, 0.29) is 16.6 Å². The van der Waals surface area contributed by atoms with Gasteiger partial charge < -0.3 is 10.6 Å². The van der Waals surface area contributed by atoms with Crippen LogP contribution in [0.4, 0.5) is 10.1 Å². The highest BCUT2D eigenvalue weighted by molar-refractivity contribution is 7.10. The van der Waals surface area contributed by atoms with Gasteiger partial charge >= 0.3 is 11.8 Å². The summed E-state index contributed by atoms with van der Waals surface area (Å²) in [4.78, 5) is 24.6. The molecule has 1 atom stereocenters. The second kappa shape index (κ2) is 7.38. The van der Waals surface area contributed by atoms with Gasteiger partial charge in [0.05, 0.1) is 5.02 Å². The van der Waals surface area contributed by atoms with Gasteiger partial charge in [-0.3, -0.25) is 9.59 Å². The summed E-state index contributed by atoms with van der Waals surface area (Å²) in [5, 5.41) is 6.77. The third-order valence-electron chi connectivity index (χ3n) is 2.98. The first-order valence-electron chi connectivity index (χ1n) is 6.55. The van der Waals surface area contributed by atoms with Crippen LogP contribution in [0.5, 0.6) is 0 Å². The first-order chi connectivity index (χ1) is 10.5. The lowest BCUT2D eigenvalue weighted by molar-refractivity contribution is -0.136. The molecule has 0 saturated carbocycles. The Kier molecular flexibility index (Phi) is 5.51. The summed E-state index contributed by atoms with van der Waals surface area (Å²) in [7, 11) is 0. The molecule has 22 heavy (non-hydrogen) atoms. The van der Waals surface area contributed by atoms with Crippen molar-refractivity contribution in [3.05, 3.63) is 51.4 Å². The number of amides is 2. The van der Waals surface area contributed by atoms with Crippen molar-refractivity contribution in [1.29, 1.82) is 0 Å². The molecule has 0 radical (unpaired) electrons. The van der Waals surface area contributed by atoms with E-state index in [1.807, 2.05) is 24.4 Å². The predicted molar refractivity (Wildman–Crippen MR) is 85.8 cm³/mol. The maximum absolute atomic E-state index is 13.0. The van der Waals surface area contributed by atoms with Crippen LogP contribution in [0.1, 0.15) is 17.7 Å². The number of carbonyl (C=O) groups excluding carboxylic acids is 2. The number of thiophene rings is 1. The van der Waals surface area contributed by atoms with Gasteiger partial charge in [-0.1, -0.05) is 24.6 Å². The molecule has 0 bridgehead atoms. The molecule has 1 aromatic heterocycles. The summed E-state index contributed by atoms with van der Waals surface area (Å²) in [5.41, 5.74) is 0.262. The minimum Gasteiger partial charge on any atom is -0.347 e. The molecule has 1 aromatic carbocycles. The Hall–Kier alpha value is -1.92. The molecule has 2 aromatic rings. The van der Waals surface area contributed by atoms with Gasteiger partial charge in [0.2, 0.25) is 0 Å². The third-order valence-corrected chi connectivity index (χ3v) is 4.37. The van der Waals surface area contributed by atoms with Crippen LogP contribution in [0.15, 0.2) is 35.7 Å². The number of carbonyl (C=O) groups is 2. The van der Waals surface area contributed by atoms with Crippen LogP contribution in [-0.2, 0) is 9.59 Å². The van der Waals surface area contributed by atoms with E-state index in [1.54, 1.807) is 11.3 Å². The summed E-state index contributed by atoms with van der Waals surface area (Å²) in [6.45, 7) is 2.32. The maximum Gasteiger partial charge on any atom is 0.313 e. The van der Waals surface area contributed by atoms with Crippen molar-refractivity contribution in [1.82, 2.24) is 5.32 Å². The number of halogens is 2. The second-order valence-electron chi connectivity index (χ2n) is 4.71. The molecule has 116 valence electrons. The summed E-state index contributed by atoms with van der Waals surface area (Å²) in [5.74, 6) is -2.03. The zero-order chi connectivity index (χ0) is 16.1. The fraction of sp³-hybridized carbons (Fsp3) is 0.200. The van der Waals surface area contributed by atoms with Gasteiger partial charge in [0.15, 0.2) is 0 Å².